The number of nitro groups is 1. The Kier molecular flexibility index (Phi) is 7.56. The lowest BCUT2D eigenvalue weighted by molar-refractivity contribution is -0.384. The monoisotopic (exact) mass is 557 g/mol. The molecule has 5 rings (SSSR count). The number of hydrogen-bond donors (Lipinski definition) is 1. The molecular formula is C29H20FN3O6S. The number of ether oxygens (including phenoxy) is 1. The minimum absolute atomic E-state index is 0.0263. The second kappa shape index (κ2) is 11.4. The number of nitrogens with one attached hydrogen (secondary N) is 1. The Labute approximate surface area is 231 Å². The molecule has 0 saturated carbocycles. The first-order valence-corrected chi connectivity index (χ1v) is 12.8. The van der Waals surface area contributed by atoms with Gasteiger partial charge in [-0.1, -0.05) is 54.6 Å². The highest BCUT2D eigenvalue weighted by molar-refractivity contribution is 8.18. The number of imide groups is 1. The van der Waals surface area contributed by atoms with Crippen LogP contribution in [0.5, 0.6) is 5.75 Å². The smallest absolute Gasteiger partial charge is 0.294 e. The summed E-state index contributed by atoms with van der Waals surface area (Å²) in [6.07, 6.45) is 1.53. The average molecular weight is 558 g/mol. The third kappa shape index (κ3) is 5.69. The van der Waals surface area contributed by atoms with Crippen LogP contribution in [0.2, 0.25) is 0 Å². The number of thioether (sulfide) groups is 1. The van der Waals surface area contributed by atoms with E-state index in [9.17, 15) is 28.9 Å². The zero-order chi connectivity index (χ0) is 28.2. The molecule has 0 radical (unpaired) electrons. The zero-order valence-electron chi connectivity index (χ0n) is 20.7. The highest BCUT2D eigenvalue weighted by Crippen LogP contribution is 2.37. The quantitative estimate of drug-likeness (QED) is 0.157. The predicted octanol–water partition coefficient (Wildman–Crippen LogP) is 6.14. The molecule has 1 aliphatic rings. The third-order valence-corrected chi connectivity index (χ3v) is 6.95. The van der Waals surface area contributed by atoms with Crippen LogP contribution in [0.25, 0.3) is 16.8 Å². The molecule has 0 spiro atoms. The Morgan fingerprint density at radius 3 is 2.60 bits per heavy atom. The fourth-order valence-electron chi connectivity index (χ4n) is 4.13. The number of para-hydroxylation sites is 1. The van der Waals surface area contributed by atoms with E-state index >= 15 is 0 Å². The van der Waals surface area contributed by atoms with Crippen molar-refractivity contribution in [2.75, 3.05) is 11.9 Å². The molecule has 1 saturated heterocycles. The molecule has 0 bridgehead atoms. The number of halogens is 1. The topological polar surface area (TPSA) is 119 Å². The van der Waals surface area contributed by atoms with E-state index in [4.69, 9.17) is 4.74 Å². The van der Waals surface area contributed by atoms with Crippen molar-refractivity contribution in [2.24, 2.45) is 0 Å². The largest absolute Gasteiger partial charge is 0.488 e. The number of anilines is 1. The van der Waals surface area contributed by atoms with Crippen LogP contribution in [0.4, 0.5) is 20.6 Å². The lowest BCUT2D eigenvalue weighted by atomic mass is 10.0. The molecule has 0 aliphatic carbocycles. The SMILES string of the molecule is O=C(CN1C(=O)S/C(=C\c2c(OCc3cccc([N+](=O)[O-])c3)ccc3ccccc23)C1=O)Nc1ccccc1F. The molecular weight excluding hydrogens is 537 g/mol. The predicted molar refractivity (Wildman–Crippen MR) is 149 cm³/mol. The van der Waals surface area contributed by atoms with Crippen LogP contribution in [-0.2, 0) is 16.2 Å². The van der Waals surface area contributed by atoms with E-state index < -0.39 is 34.3 Å². The van der Waals surface area contributed by atoms with E-state index in [-0.39, 0.29) is 22.9 Å². The van der Waals surface area contributed by atoms with Gasteiger partial charge in [0.2, 0.25) is 5.91 Å². The van der Waals surface area contributed by atoms with Gasteiger partial charge in [-0.15, -0.1) is 0 Å². The van der Waals surface area contributed by atoms with E-state index in [1.807, 2.05) is 30.3 Å². The molecule has 4 aromatic carbocycles. The van der Waals surface area contributed by atoms with Crippen molar-refractivity contribution in [3.63, 3.8) is 0 Å². The van der Waals surface area contributed by atoms with Gasteiger partial charge in [-0.25, -0.2) is 4.39 Å². The molecule has 1 N–H and O–H groups in total. The number of amides is 3. The molecule has 200 valence electrons. The maximum Gasteiger partial charge on any atom is 0.294 e. The van der Waals surface area contributed by atoms with Crippen molar-refractivity contribution in [3.8, 4) is 5.75 Å². The highest BCUT2D eigenvalue weighted by atomic mass is 32.2. The average Bonchev–Trinajstić information content (AvgIpc) is 3.21. The summed E-state index contributed by atoms with van der Waals surface area (Å²) in [6, 6.07) is 22.6. The fraction of sp³-hybridized carbons (Fsp3) is 0.0690. The normalized spacial score (nSPS) is 14.1. The summed E-state index contributed by atoms with van der Waals surface area (Å²) in [4.78, 5) is 49.8. The second-order valence-electron chi connectivity index (χ2n) is 8.71. The van der Waals surface area contributed by atoms with Crippen LogP contribution in [0, 0.1) is 15.9 Å². The molecule has 0 atom stereocenters. The van der Waals surface area contributed by atoms with E-state index in [0.29, 0.717) is 28.6 Å². The zero-order valence-corrected chi connectivity index (χ0v) is 21.5. The van der Waals surface area contributed by atoms with E-state index in [1.54, 1.807) is 24.3 Å². The second-order valence-corrected chi connectivity index (χ2v) is 9.70. The van der Waals surface area contributed by atoms with Gasteiger partial charge in [0.05, 0.1) is 15.5 Å². The lowest BCUT2D eigenvalue weighted by Gasteiger charge is -2.14. The summed E-state index contributed by atoms with van der Waals surface area (Å²) in [6.45, 7) is -0.555. The van der Waals surface area contributed by atoms with Gasteiger partial charge >= 0.3 is 0 Å². The van der Waals surface area contributed by atoms with Crippen molar-refractivity contribution in [1.29, 1.82) is 0 Å². The number of nitrogens with zero attached hydrogens (tertiary/aromatic N) is 2. The Hall–Kier alpha value is -5.03. The Bertz CT molecular complexity index is 1710. The number of rotatable bonds is 8. The summed E-state index contributed by atoms with van der Waals surface area (Å²) in [7, 11) is 0. The van der Waals surface area contributed by atoms with Crippen LogP contribution < -0.4 is 10.1 Å². The van der Waals surface area contributed by atoms with Gasteiger partial charge in [0.1, 0.15) is 24.7 Å². The first-order valence-electron chi connectivity index (χ1n) is 12.0. The van der Waals surface area contributed by atoms with Gasteiger partial charge in [-0.05, 0) is 52.4 Å². The number of non-ortho nitro benzene ring substituents is 1. The Balaban J connectivity index is 1.41. The molecule has 3 amide bonds. The fourth-order valence-corrected chi connectivity index (χ4v) is 4.95. The number of carbonyl (C=O) groups is 3. The van der Waals surface area contributed by atoms with E-state index in [1.165, 1.54) is 36.4 Å². The number of fused-ring (bicyclic) bond motifs is 1. The summed E-state index contributed by atoms with van der Waals surface area (Å²) < 4.78 is 19.9. The molecule has 9 nitrogen and oxygen atoms in total. The van der Waals surface area contributed by atoms with E-state index in [2.05, 4.69) is 5.32 Å². The number of nitro benzene ring substituents is 1. The summed E-state index contributed by atoms with van der Waals surface area (Å²) in [5, 5.41) is 14.5. The van der Waals surface area contributed by atoms with Gasteiger partial charge in [-0.2, -0.15) is 0 Å². The van der Waals surface area contributed by atoms with Gasteiger partial charge in [0.15, 0.2) is 0 Å². The van der Waals surface area contributed by atoms with Gasteiger partial charge in [0, 0.05) is 17.7 Å². The molecule has 4 aromatic rings. The maximum absolute atomic E-state index is 13.9. The first kappa shape index (κ1) is 26.6. The maximum atomic E-state index is 13.9. The summed E-state index contributed by atoms with van der Waals surface area (Å²) in [5.41, 5.74) is 0.989. The van der Waals surface area contributed by atoms with Crippen molar-refractivity contribution in [2.45, 2.75) is 6.61 Å². The highest BCUT2D eigenvalue weighted by Gasteiger charge is 2.36. The molecule has 0 unspecified atom stereocenters. The van der Waals surface area contributed by atoms with Gasteiger partial charge in [-0.3, -0.25) is 29.4 Å². The number of carbonyl (C=O) groups excluding carboxylic acids is 3. The van der Waals surface area contributed by atoms with Crippen molar-refractivity contribution < 1.29 is 28.4 Å². The molecule has 1 aliphatic heterocycles. The Morgan fingerprint density at radius 1 is 1.02 bits per heavy atom. The van der Waals surface area contributed by atoms with Crippen LogP contribution in [0.3, 0.4) is 0 Å². The number of hydrogen-bond acceptors (Lipinski definition) is 7. The van der Waals surface area contributed by atoms with Crippen LogP contribution in [-0.4, -0.2) is 33.4 Å². The Morgan fingerprint density at radius 2 is 1.80 bits per heavy atom. The lowest BCUT2D eigenvalue weighted by Crippen LogP contribution is -2.36. The van der Waals surface area contributed by atoms with Gasteiger partial charge in [0.25, 0.3) is 16.8 Å². The first-order chi connectivity index (χ1) is 19.3. The van der Waals surface area contributed by atoms with Crippen molar-refractivity contribution >= 4 is 57.0 Å². The van der Waals surface area contributed by atoms with Crippen LogP contribution in [0.1, 0.15) is 11.1 Å². The minimum atomic E-state index is -0.722. The molecule has 1 heterocycles. The molecule has 0 aromatic heterocycles. The standard InChI is InChI=1S/C29H20FN3O6S/c30-23-10-3-4-11-24(23)31-27(34)16-32-28(35)26(40-29(32)36)15-22-21-9-2-1-7-19(21)12-13-25(22)39-17-18-6-5-8-20(14-18)33(37)38/h1-15H,16-17H2,(H,31,34)/b26-15-. The molecule has 40 heavy (non-hydrogen) atoms. The summed E-state index contributed by atoms with van der Waals surface area (Å²) >= 11 is 0.679. The third-order valence-electron chi connectivity index (χ3n) is 6.05. The van der Waals surface area contributed by atoms with Gasteiger partial charge < -0.3 is 10.1 Å². The number of benzene rings is 4. The molecule has 1 fully saturated rings. The van der Waals surface area contributed by atoms with Crippen molar-refractivity contribution in [3.05, 3.63) is 117 Å². The van der Waals surface area contributed by atoms with Crippen molar-refractivity contribution in [1.82, 2.24) is 4.90 Å². The molecule has 11 heteroatoms. The minimum Gasteiger partial charge on any atom is -0.488 e. The van der Waals surface area contributed by atoms with E-state index in [0.717, 1.165) is 15.7 Å². The summed E-state index contributed by atoms with van der Waals surface area (Å²) in [5.74, 6) is -1.64. The van der Waals surface area contributed by atoms with Crippen LogP contribution >= 0.6 is 11.8 Å². The van der Waals surface area contributed by atoms with Crippen LogP contribution in [0.15, 0.2) is 89.8 Å².